The summed E-state index contributed by atoms with van der Waals surface area (Å²) < 4.78 is 0. The molecule has 0 spiro atoms. The number of benzene rings is 1. The molecule has 0 saturated carbocycles. The molecule has 0 aliphatic heterocycles. The van der Waals surface area contributed by atoms with Crippen LogP contribution in [0.25, 0.3) is 0 Å². The summed E-state index contributed by atoms with van der Waals surface area (Å²) in [7, 11) is 0. The summed E-state index contributed by atoms with van der Waals surface area (Å²) in [5.74, 6) is -0.00490. The third-order valence-electron chi connectivity index (χ3n) is 2.21. The van der Waals surface area contributed by atoms with Gasteiger partial charge in [-0.1, -0.05) is 0 Å². The van der Waals surface area contributed by atoms with Crippen molar-refractivity contribution in [1.82, 2.24) is 9.97 Å². The van der Waals surface area contributed by atoms with E-state index in [1.165, 1.54) is 0 Å². The van der Waals surface area contributed by atoms with Gasteiger partial charge in [-0.15, -0.1) is 0 Å². The van der Waals surface area contributed by atoms with Crippen LogP contribution in [-0.2, 0) is 0 Å². The molecule has 0 amide bonds. The van der Waals surface area contributed by atoms with Crippen molar-refractivity contribution < 1.29 is 4.92 Å². The van der Waals surface area contributed by atoms with Crippen LogP contribution in [0.4, 0.5) is 17.2 Å². The zero-order valence-corrected chi connectivity index (χ0v) is 10.1. The number of aromatic nitrogens is 2. The zero-order chi connectivity index (χ0) is 13.8. The fraction of sp³-hybridized carbons (Fsp3) is 0. The van der Waals surface area contributed by atoms with Crippen LogP contribution in [0.1, 0.15) is 5.56 Å². The minimum Gasteiger partial charge on any atom is -0.334 e. The SMILES string of the molecule is N#Cc1ccc(Nc2nc(Cl)ncc2[N+](=O)[O-])cc1. The van der Waals surface area contributed by atoms with Gasteiger partial charge in [-0.25, -0.2) is 4.98 Å². The van der Waals surface area contributed by atoms with E-state index in [0.717, 1.165) is 6.20 Å². The quantitative estimate of drug-likeness (QED) is 0.524. The van der Waals surface area contributed by atoms with Crippen molar-refractivity contribution >= 4 is 28.8 Å². The molecule has 8 heteroatoms. The fourth-order valence-corrected chi connectivity index (χ4v) is 1.48. The third-order valence-corrected chi connectivity index (χ3v) is 2.40. The average molecular weight is 276 g/mol. The maximum absolute atomic E-state index is 10.8. The van der Waals surface area contributed by atoms with Crippen molar-refractivity contribution in [2.75, 3.05) is 5.32 Å². The minimum absolute atomic E-state index is 0.00490. The van der Waals surface area contributed by atoms with E-state index in [9.17, 15) is 10.1 Å². The molecule has 1 aromatic heterocycles. The van der Waals surface area contributed by atoms with Gasteiger partial charge >= 0.3 is 5.69 Å². The molecule has 19 heavy (non-hydrogen) atoms. The number of nitrogens with one attached hydrogen (secondary N) is 1. The number of anilines is 2. The summed E-state index contributed by atoms with van der Waals surface area (Å²) in [6.07, 6.45) is 1.03. The van der Waals surface area contributed by atoms with Crippen LogP contribution in [0.3, 0.4) is 0 Å². The Morgan fingerprint density at radius 1 is 1.37 bits per heavy atom. The van der Waals surface area contributed by atoms with Crippen LogP contribution < -0.4 is 5.32 Å². The van der Waals surface area contributed by atoms with E-state index in [1.807, 2.05) is 6.07 Å². The Kier molecular flexibility index (Phi) is 3.54. The Hall–Kier alpha value is -2.72. The monoisotopic (exact) mass is 275 g/mol. The van der Waals surface area contributed by atoms with Crippen LogP contribution in [0, 0.1) is 21.4 Å². The second kappa shape index (κ2) is 5.29. The second-order valence-electron chi connectivity index (χ2n) is 3.44. The van der Waals surface area contributed by atoms with E-state index in [-0.39, 0.29) is 16.8 Å². The molecule has 0 bridgehead atoms. The third kappa shape index (κ3) is 2.94. The van der Waals surface area contributed by atoms with Gasteiger partial charge in [0.05, 0.1) is 16.6 Å². The number of nitrogens with zero attached hydrogens (tertiary/aromatic N) is 4. The summed E-state index contributed by atoms with van der Waals surface area (Å²) >= 11 is 5.61. The van der Waals surface area contributed by atoms with Crippen molar-refractivity contribution in [3.8, 4) is 6.07 Å². The highest BCUT2D eigenvalue weighted by molar-refractivity contribution is 6.28. The standard InChI is InChI=1S/C11H6ClN5O2/c12-11-14-6-9(17(18)19)10(16-11)15-8-3-1-7(5-13)2-4-8/h1-4,6H,(H,14,15,16). The first-order valence-electron chi connectivity index (χ1n) is 5.04. The molecular formula is C11H6ClN5O2. The van der Waals surface area contributed by atoms with Crippen LogP contribution >= 0.6 is 11.6 Å². The molecule has 0 atom stereocenters. The Labute approximate surface area is 112 Å². The highest BCUT2D eigenvalue weighted by Gasteiger charge is 2.16. The van der Waals surface area contributed by atoms with Gasteiger partial charge in [0.15, 0.2) is 0 Å². The topological polar surface area (TPSA) is 105 Å². The van der Waals surface area contributed by atoms with Gasteiger partial charge in [0.1, 0.15) is 6.20 Å². The molecule has 7 nitrogen and oxygen atoms in total. The highest BCUT2D eigenvalue weighted by Crippen LogP contribution is 2.25. The Morgan fingerprint density at radius 3 is 2.63 bits per heavy atom. The number of nitro groups is 1. The largest absolute Gasteiger partial charge is 0.334 e. The van der Waals surface area contributed by atoms with Gasteiger partial charge in [-0.3, -0.25) is 10.1 Å². The van der Waals surface area contributed by atoms with Crippen molar-refractivity contribution in [2.24, 2.45) is 0 Å². The molecule has 0 unspecified atom stereocenters. The molecule has 0 fully saturated rings. The summed E-state index contributed by atoms with van der Waals surface area (Å²) in [6, 6.07) is 8.35. The number of nitriles is 1. The molecule has 0 saturated heterocycles. The van der Waals surface area contributed by atoms with Crippen LogP contribution in [0.5, 0.6) is 0 Å². The molecule has 1 N–H and O–H groups in total. The summed E-state index contributed by atoms with van der Waals surface area (Å²) in [5, 5.41) is 22.2. The van der Waals surface area contributed by atoms with Gasteiger partial charge in [0.25, 0.3) is 0 Å². The summed E-state index contributed by atoms with van der Waals surface area (Å²) in [4.78, 5) is 17.5. The van der Waals surface area contributed by atoms with Gasteiger partial charge in [-0.05, 0) is 35.9 Å². The van der Waals surface area contributed by atoms with Crippen LogP contribution in [-0.4, -0.2) is 14.9 Å². The van der Waals surface area contributed by atoms with Crippen molar-refractivity contribution in [1.29, 1.82) is 5.26 Å². The normalized spacial score (nSPS) is 9.68. The molecule has 1 aromatic carbocycles. The zero-order valence-electron chi connectivity index (χ0n) is 9.37. The van der Waals surface area contributed by atoms with E-state index >= 15 is 0 Å². The maximum Gasteiger partial charge on any atom is 0.329 e. The lowest BCUT2D eigenvalue weighted by Crippen LogP contribution is -2.01. The first kappa shape index (κ1) is 12.7. The molecule has 0 aliphatic carbocycles. The molecule has 94 valence electrons. The lowest BCUT2D eigenvalue weighted by molar-refractivity contribution is -0.384. The minimum atomic E-state index is -0.609. The van der Waals surface area contributed by atoms with Crippen LogP contribution in [0.15, 0.2) is 30.5 Å². The lowest BCUT2D eigenvalue weighted by atomic mass is 10.2. The fourth-order valence-electron chi connectivity index (χ4n) is 1.34. The second-order valence-corrected chi connectivity index (χ2v) is 3.78. The van der Waals surface area contributed by atoms with E-state index in [0.29, 0.717) is 11.3 Å². The van der Waals surface area contributed by atoms with Crippen LogP contribution in [0.2, 0.25) is 5.28 Å². The first-order valence-corrected chi connectivity index (χ1v) is 5.42. The Morgan fingerprint density at radius 2 is 2.05 bits per heavy atom. The molecule has 0 aliphatic rings. The highest BCUT2D eigenvalue weighted by atomic mass is 35.5. The average Bonchev–Trinajstić information content (AvgIpc) is 2.39. The summed E-state index contributed by atoms with van der Waals surface area (Å²) in [6.45, 7) is 0. The van der Waals surface area contributed by atoms with Crippen molar-refractivity contribution in [3.63, 3.8) is 0 Å². The molecule has 2 aromatic rings. The predicted octanol–water partition coefficient (Wildman–Crippen LogP) is 2.65. The first-order chi connectivity index (χ1) is 9.10. The van der Waals surface area contributed by atoms with E-state index in [4.69, 9.17) is 16.9 Å². The smallest absolute Gasteiger partial charge is 0.329 e. The van der Waals surface area contributed by atoms with E-state index in [2.05, 4.69) is 15.3 Å². The van der Waals surface area contributed by atoms with Gasteiger partial charge < -0.3 is 5.32 Å². The lowest BCUT2D eigenvalue weighted by Gasteiger charge is -2.05. The molecule has 0 radical (unpaired) electrons. The van der Waals surface area contributed by atoms with E-state index < -0.39 is 4.92 Å². The Bertz CT molecular complexity index is 666. The molecule has 2 rings (SSSR count). The van der Waals surface area contributed by atoms with Crippen molar-refractivity contribution in [3.05, 3.63) is 51.4 Å². The maximum atomic E-state index is 10.8. The van der Waals surface area contributed by atoms with Gasteiger partial charge in [0, 0.05) is 5.69 Å². The van der Waals surface area contributed by atoms with Crippen molar-refractivity contribution in [2.45, 2.75) is 0 Å². The molecule has 1 heterocycles. The number of rotatable bonds is 3. The predicted molar refractivity (Wildman–Crippen MR) is 68.1 cm³/mol. The Balaban J connectivity index is 2.34. The van der Waals surface area contributed by atoms with E-state index in [1.54, 1.807) is 24.3 Å². The number of hydrogen-bond donors (Lipinski definition) is 1. The number of hydrogen-bond acceptors (Lipinski definition) is 6. The summed E-state index contributed by atoms with van der Waals surface area (Å²) in [5.41, 5.74) is 0.756. The molecular weight excluding hydrogens is 270 g/mol. The number of halogens is 1. The van der Waals surface area contributed by atoms with Gasteiger partial charge in [-0.2, -0.15) is 10.2 Å². The van der Waals surface area contributed by atoms with Gasteiger partial charge in [0.2, 0.25) is 11.1 Å².